The highest BCUT2D eigenvalue weighted by molar-refractivity contribution is 9.10. The van der Waals surface area contributed by atoms with E-state index in [0.29, 0.717) is 10.0 Å². The molecule has 0 atom stereocenters. The Hall–Kier alpha value is -1.43. The second-order valence-corrected chi connectivity index (χ2v) is 6.00. The van der Waals surface area contributed by atoms with E-state index in [9.17, 15) is 13.2 Å². The molecule has 0 heterocycles. The molecule has 0 bridgehead atoms. The lowest BCUT2D eigenvalue weighted by molar-refractivity contribution is -0.141. The lowest BCUT2D eigenvalue weighted by atomic mass is 10.2. The molecule has 0 aliphatic carbocycles. The van der Waals surface area contributed by atoms with Crippen molar-refractivity contribution in [1.82, 2.24) is 4.72 Å². The van der Waals surface area contributed by atoms with Crippen LogP contribution in [-0.2, 0) is 19.6 Å². The van der Waals surface area contributed by atoms with Gasteiger partial charge in [-0.15, -0.1) is 0 Å². The number of hydrogen-bond acceptors (Lipinski definition) is 5. The summed E-state index contributed by atoms with van der Waals surface area (Å²) in [5.41, 5.74) is 0.323. The van der Waals surface area contributed by atoms with Gasteiger partial charge in [0.05, 0.1) is 17.1 Å². The average molecular weight is 347 g/mol. The molecule has 0 spiro atoms. The van der Waals surface area contributed by atoms with Gasteiger partial charge in [-0.3, -0.25) is 4.79 Å². The SMILES string of the molecule is CCOC(=O)CNS(=O)(=O)c1ccc(C#N)c(Br)c1. The third kappa shape index (κ3) is 4.31. The fourth-order valence-corrected chi connectivity index (χ4v) is 2.82. The van der Waals surface area contributed by atoms with Crippen LogP contribution in [0.25, 0.3) is 0 Å². The molecule has 0 saturated carbocycles. The molecule has 6 nitrogen and oxygen atoms in total. The number of halogens is 1. The molecule has 1 aromatic rings. The Morgan fingerprint density at radius 3 is 2.74 bits per heavy atom. The number of esters is 1. The minimum atomic E-state index is -3.81. The summed E-state index contributed by atoms with van der Waals surface area (Å²) >= 11 is 3.10. The highest BCUT2D eigenvalue weighted by Gasteiger charge is 2.17. The van der Waals surface area contributed by atoms with E-state index in [1.807, 2.05) is 6.07 Å². The smallest absolute Gasteiger partial charge is 0.321 e. The summed E-state index contributed by atoms with van der Waals surface area (Å²) in [6.45, 7) is 1.38. The molecule has 19 heavy (non-hydrogen) atoms. The first-order valence-corrected chi connectivity index (χ1v) is 7.53. The molecular formula is C11H11BrN2O4S. The zero-order valence-corrected chi connectivity index (χ0v) is 12.4. The minimum absolute atomic E-state index is 0.0392. The average Bonchev–Trinajstić information content (AvgIpc) is 2.37. The first-order chi connectivity index (χ1) is 8.90. The lowest BCUT2D eigenvalue weighted by Crippen LogP contribution is -2.30. The number of rotatable bonds is 5. The van der Waals surface area contributed by atoms with E-state index in [1.54, 1.807) is 6.92 Å². The number of hydrogen-bond donors (Lipinski definition) is 1. The molecule has 0 aliphatic rings. The predicted molar refractivity (Wildman–Crippen MR) is 70.7 cm³/mol. The lowest BCUT2D eigenvalue weighted by Gasteiger charge is -2.07. The van der Waals surface area contributed by atoms with Crippen LogP contribution in [0, 0.1) is 11.3 Å². The normalized spacial score (nSPS) is 10.8. The van der Waals surface area contributed by atoms with E-state index in [0.717, 1.165) is 0 Å². The fourth-order valence-electron chi connectivity index (χ4n) is 1.20. The Bertz CT molecular complexity index is 622. The van der Waals surface area contributed by atoms with Crippen molar-refractivity contribution < 1.29 is 17.9 Å². The summed E-state index contributed by atoms with van der Waals surface area (Å²) in [6, 6.07) is 5.87. The molecule has 1 N–H and O–H groups in total. The summed E-state index contributed by atoms with van der Waals surface area (Å²) in [6.07, 6.45) is 0. The molecule has 0 fully saturated rings. The van der Waals surface area contributed by atoms with Crippen LogP contribution in [0.3, 0.4) is 0 Å². The molecule has 1 rings (SSSR count). The molecule has 1 aromatic carbocycles. The van der Waals surface area contributed by atoms with Gasteiger partial charge in [0, 0.05) is 4.47 Å². The first-order valence-electron chi connectivity index (χ1n) is 5.25. The Balaban J connectivity index is 2.87. The molecule has 0 aromatic heterocycles. The second-order valence-electron chi connectivity index (χ2n) is 3.38. The van der Waals surface area contributed by atoms with Gasteiger partial charge in [0.15, 0.2) is 0 Å². The van der Waals surface area contributed by atoms with Crippen LogP contribution in [0.15, 0.2) is 27.6 Å². The number of nitrogens with zero attached hydrogens (tertiary/aromatic N) is 1. The summed E-state index contributed by atoms with van der Waals surface area (Å²) in [5.74, 6) is -0.654. The minimum Gasteiger partial charge on any atom is -0.465 e. The number of sulfonamides is 1. The molecular weight excluding hydrogens is 336 g/mol. The molecule has 0 unspecified atom stereocenters. The topological polar surface area (TPSA) is 96.3 Å². The summed E-state index contributed by atoms with van der Waals surface area (Å²) < 4.78 is 30.8. The Labute approximate surface area is 119 Å². The van der Waals surface area contributed by atoms with Gasteiger partial charge in [0.1, 0.15) is 12.6 Å². The van der Waals surface area contributed by atoms with Gasteiger partial charge in [0.2, 0.25) is 10.0 Å². The van der Waals surface area contributed by atoms with E-state index in [-0.39, 0.29) is 11.5 Å². The predicted octanol–water partition coefficient (Wildman–Crippen LogP) is 1.16. The number of ether oxygens (including phenoxy) is 1. The molecule has 8 heteroatoms. The molecule has 0 amide bonds. The van der Waals surface area contributed by atoms with Crippen LogP contribution in [0.5, 0.6) is 0 Å². The Kier molecular flexibility index (Phi) is 5.47. The standard InChI is InChI=1S/C11H11BrN2O4S/c1-2-18-11(15)7-14-19(16,17)9-4-3-8(6-13)10(12)5-9/h3-5,14H,2,7H2,1H3. The van der Waals surface area contributed by atoms with Crippen molar-refractivity contribution in [3.05, 3.63) is 28.2 Å². The van der Waals surface area contributed by atoms with Gasteiger partial charge in [-0.2, -0.15) is 9.98 Å². The summed E-state index contributed by atoms with van der Waals surface area (Å²) in [7, 11) is -3.81. The maximum atomic E-state index is 11.9. The van der Waals surface area contributed by atoms with Gasteiger partial charge in [0.25, 0.3) is 0 Å². The van der Waals surface area contributed by atoms with Crippen molar-refractivity contribution >= 4 is 31.9 Å². The van der Waals surface area contributed by atoms with Crippen molar-refractivity contribution in [1.29, 1.82) is 5.26 Å². The van der Waals surface area contributed by atoms with Gasteiger partial charge >= 0.3 is 5.97 Å². The number of carbonyl (C=O) groups excluding carboxylic acids is 1. The fraction of sp³-hybridized carbons (Fsp3) is 0.273. The van der Waals surface area contributed by atoms with Crippen LogP contribution in [0.4, 0.5) is 0 Å². The monoisotopic (exact) mass is 346 g/mol. The van der Waals surface area contributed by atoms with E-state index in [4.69, 9.17) is 5.26 Å². The second kappa shape index (κ2) is 6.65. The Morgan fingerprint density at radius 1 is 1.53 bits per heavy atom. The van der Waals surface area contributed by atoms with Gasteiger partial charge in [-0.05, 0) is 41.1 Å². The first kappa shape index (κ1) is 15.6. The maximum Gasteiger partial charge on any atom is 0.321 e. The maximum absolute atomic E-state index is 11.9. The van der Waals surface area contributed by atoms with Crippen LogP contribution >= 0.6 is 15.9 Å². The van der Waals surface area contributed by atoms with Crippen LogP contribution in [-0.4, -0.2) is 27.5 Å². The largest absolute Gasteiger partial charge is 0.465 e. The van der Waals surface area contributed by atoms with E-state index >= 15 is 0 Å². The quantitative estimate of drug-likeness (QED) is 0.807. The molecule has 102 valence electrons. The van der Waals surface area contributed by atoms with Crippen molar-refractivity contribution in [3.8, 4) is 6.07 Å². The number of nitrogens with one attached hydrogen (secondary N) is 1. The molecule has 0 saturated heterocycles. The van der Waals surface area contributed by atoms with Crippen LogP contribution in [0.1, 0.15) is 12.5 Å². The number of nitriles is 1. The third-order valence-electron chi connectivity index (χ3n) is 2.08. The van der Waals surface area contributed by atoms with Crippen molar-refractivity contribution in [2.75, 3.05) is 13.2 Å². The zero-order valence-electron chi connectivity index (χ0n) is 10.0. The zero-order chi connectivity index (χ0) is 14.5. The van der Waals surface area contributed by atoms with E-state index in [2.05, 4.69) is 25.4 Å². The van der Waals surface area contributed by atoms with Crippen molar-refractivity contribution in [3.63, 3.8) is 0 Å². The van der Waals surface area contributed by atoms with Crippen molar-refractivity contribution in [2.24, 2.45) is 0 Å². The molecule has 0 radical (unpaired) electrons. The highest BCUT2D eigenvalue weighted by atomic mass is 79.9. The summed E-state index contributed by atoms with van der Waals surface area (Å²) in [4.78, 5) is 11.0. The van der Waals surface area contributed by atoms with Gasteiger partial charge in [-0.1, -0.05) is 0 Å². The van der Waals surface area contributed by atoms with Crippen LogP contribution < -0.4 is 4.72 Å². The number of carbonyl (C=O) groups is 1. The number of benzene rings is 1. The van der Waals surface area contributed by atoms with Crippen molar-refractivity contribution in [2.45, 2.75) is 11.8 Å². The summed E-state index contributed by atoms with van der Waals surface area (Å²) in [5, 5.41) is 8.74. The van der Waals surface area contributed by atoms with Gasteiger partial charge < -0.3 is 4.74 Å². The van der Waals surface area contributed by atoms with E-state index < -0.39 is 22.5 Å². The van der Waals surface area contributed by atoms with E-state index in [1.165, 1.54) is 18.2 Å². The Morgan fingerprint density at radius 2 is 2.21 bits per heavy atom. The third-order valence-corrected chi connectivity index (χ3v) is 4.14. The van der Waals surface area contributed by atoms with Gasteiger partial charge in [-0.25, -0.2) is 8.42 Å². The van der Waals surface area contributed by atoms with Crippen LogP contribution in [0.2, 0.25) is 0 Å². The highest BCUT2D eigenvalue weighted by Crippen LogP contribution is 2.20. The molecule has 0 aliphatic heterocycles.